The summed E-state index contributed by atoms with van der Waals surface area (Å²) in [5.74, 6) is -0.158. The van der Waals surface area contributed by atoms with Gasteiger partial charge in [-0.05, 0) is 49.4 Å². The zero-order chi connectivity index (χ0) is 18.1. The maximum Gasteiger partial charge on any atom is 0.154 e. The minimum absolute atomic E-state index is 0.341. The average Bonchev–Trinajstić information content (AvgIpc) is 2.83. The highest BCUT2D eigenvalue weighted by Gasteiger charge is 2.18. The topological polar surface area (TPSA) is 36.8 Å². The number of amidine groups is 1. The molecule has 128 valence electrons. The first kappa shape index (κ1) is 16.1. The van der Waals surface area contributed by atoms with Crippen molar-refractivity contribution < 1.29 is 8.78 Å². The molecule has 1 N–H and O–H groups in total. The van der Waals surface area contributed by atoms with Crippen LogP contribution in [0.2, 0.25) is 0 Å². The lowest BCUT2D eigenvalue weighted by Crippen LogP contribution is -2.19. The lowest BCUT2D eigenvalue weighted by molar-refractivity contribution is 0.627. The summed E-state index contributed by atoms with van der Waals surface area (Å²) in [4.78, 5) is 4.62. The fraction of sp³-hybridized carbons (Fsp3) is 0.0476. The van der Waals surface area contributed by atoms with Crippen molar-refractivity contribution in [2.24, 2.45) is 10.1 Å². The van der Waals surface area contributed by atoms with Crippen LogP contribution in [0.25, 0.3) is 0 Å². The maximum absolute atomic E-state index is 13.9. The van der Waals surface area contributed by atoms with E-state index in [9.17, 15) is 8.78 Å². The van der Waals surface area contributed by atoms with Crippen molar-refractivity contribution in [2.75, 3.05) is 0 Å². The number of hydrazone groups is 1. The molecule has 5 heteroatoms. The number of halogens is 2. The molecule has 3 nitrogen and oxygen atoms in total. The molecule has 0 unspecified atom stereocenters. The number of aliphatic imine (C=N–C) groups is 1. The lowest BCUT2D eigenvalue weighted by atomic mass is 10.0. The minimum atomic E-state index is -0.382. The zero-order valence-corrected chi connectivity index (χ0v) is 14.0. The Morgan fingerprint density at radius 1 is 0.769 bits per heavy atom. The van der Waals surface area contributed by atoms with Gasteiger partial charge < -0.3 is 0 Å². The Morgan fingerprint density at radius 2 is 1.42 bits per heavy atom. The summed E-state index contributed by atoms with van der Waals surface area (Å²) in [6.07, 6.45) is 0. The van der Waals surface area contributed by atoms with E-state index in [1.54, 1.807) is 18.2 Å². The van der Waals surface area contributed by atoms with Gasteiger partial charge in [0.2, 0.25) is 0 Å². The van der Waals surface area contributed by atoms with Gasteiger partial charge in [0.25, 0.3) is 0 Å². The van der Waals surface area contributed by atoms with E-state index < -0.39 is 0 Å². The summed E-state index contributed by atoms with van der Waals surface area (Å²) >= 11 is 0. The van der Waals surface area contributed by atoms with Crippen molar-refractivity contribution >= 4 is 17.2 Å². The smallest absolute Gasteiger partial charge is 0.154 e. The maximum atomic E-state index is 13.9. The molecule has 0 amide bonds. The number of rotatable bonds is 2. The van der Waals surface area contributed by atoms with Gasteiger partial charge in [0, 0.05) is 16.7 Å². The molecule has 1 heterocycles. The van der Waals surface area contributed by atoms with Crippen LogP contribution >= 0.6 is 0 Å². The Kier molecular flexibility index (Phi) is 4.05. The first-order valence-electron chi connectivity index (χ1n) is 8.15. The van der Waals surface area contributed by atoms with E-state index in [1.165, 1.54) is 24.3 Å². The van der Waals surface area contributed by atoms with Gasteiger partial charge >= 0.3 is 0 Å². The highest BCUT2D eigenvalue weighted by molar-refractivity contribution is 6.17. The van der Waals surface area contributed by atoms with Crippen LogP contribution in [0.4, 0.5) is 14.5 Å². The Labute approximate surface area is 149 Å². The standard InChI is InChI=1S/C21H15F2N3/c1-13-2-4-15(5-3-13)21-24-19-11-10-17(23)12-18(19)20(25-26-21)14-6-8-16(22)9-7-14/h2-12H,1H3,(H,24,26). The molecular weight excluding hydrogens is 332 g/mol. The Balaban J connectivity index is 1.85. The second kappa shape index (κ2) is 6.52. The monoisotopic (exact) mass is 347 g/mol. The van der Waals surface area contributed by atoms with E-state index in [1.807, 2.05) is 31.2 Å². The molecule has 1 aliphatic rings. The Bertz CT molecular complexity index is 1020. The van der Waals surface area contributed by atoms with E-state index in [-0.39, 0.29) is 11.6 Å². The number of fused-ring (bicyclic) bond motifs is 1. The van der Waals surface area contributed by atoms with Crippen LogP contribution in [-0.4, -0.2) is 11.5 Å². The van der Waals surface area contributed by atoms with Crippen LogP contribution in [-0.2, 0) is 0 Å². The van der Waals surface area contributed by atoms with Crippen molar-refractivity contribution in [2.45, 2.75) is 6.92 Å². The van der Waals surface area contributed by atoms with Crippen LogP contribution < -0.4 is 5.43 Å². The minimum Gasteiger partial charge on any atom is -0.260 e. The molecular formula is C21H15F2N3. The van der Waals surface area contributed by atoms with Crippen molar-refractivity contribution in [1.82, 2.24) is 5.43 Å². The van der Waals surface area contributed by atoms with Gasteiger partial charge in [-0.2, -0.15) is 5.10 Å². The SMILES string of the molecule is Cc1ccc(C2=Nc3ccc(F)cc3C(c3ccc(F)cc3)=NN2)cc1. The van der Waals surface area contributed by atoms with Crippen molar-refractivity contribution in [3.05, 3.63) is 101 Å². The van der Waals surface area contributed by atoms with Crippen LogP contribution in [0.15, 0.2) is 76.8 Å². The van der Waals surface area contributed by atoms with Crippen LogP contribution in [0.5, 0.6) is 0 Å². The third-order valence-corrected chi connectivity index (χ3v) is 4.16. The lowest BCUT2D eigenvalue weighted by Gasteiger charge is -2.07. The van der Waals surface area contributed by atoms with Crippen LogP contribution in [0.3, 0.4) is 0 Å². The highest BCUT2D eigenvalue weighted by Crippen LogP contribution is 2.26. The quantitative estimate of drug-likeness (QED) is 0.716. The van der Waals surface area contributed by atoms with E-state index in [0.717, 1.165) is 11.1 Å². The van der Waals surface area contributed by atoms with E-state index in [2.05, 4.69) is 15.5 Å². The molecule has 0 fully saturated rings. The summed E-state index contributed by atoms with van der Waals surface area (Å²) in [5.41, 5.74) is 7.30. The third-order valence-electron chi connectivity index (χ3n) is 4.16. The fourth-order valence-electron chi connectivity index (χ4n) is 2.78. The van der Waals surface area contributed by atoms with Crippen LogP contribution in [0, 0.1) is 18.6 Å². The second-order valence-electron chi connectivity index (χ2n) is 6.07. The predicted octanol–water partition coefficient (Wildman–Crippen LogP) is 4.71. The normalized spacial score (nSPS) is 13.2. The fourth-order valence-corrected chi connectivity index (χ4v) is 2.78. The van der Waals surface area contributed by atoms with Gasteiger partial charge in [0.1, 0.15) is 17.3 Å². The highest BCUT2D eigenvalue weighted by atomic mass is 19.1. The van der Waals surface area contributed by atoms with Crippen molar-refractivity contribution in [3.8, 4) is 0 Å². The molecule has 0 saturated heterocycles. The zero-order valence-electron chi connectivity index (χ0n) is 14.0. The van der Waals surface area contributed by atoms with Crippen molar-refractivity contribution in [3.63, 3.8) is 0 Å². The van der Waals surface area contributed by atoms with E-state index in [4.69, 9.17) is 0 Å². The molecule has 26 heavy (non-hydrogen) atoms. The molecule has 0 atom stereocenters. The molecule has 0 aromatic heterocycles. The van der Waals surface area contributed by atoms with Crippen LogP contribution in [0.1, 0.15) is 22.3 Å². The largest absolute Gasteiger partial charge is 0.260 e. The number of hydrogen-bond donors (Lipinski definition) is 1. The molecule has 0 spiro atoms. The van der Waals surface area contributed by atoms with Crippen molar-refractivity contribution in [1.29, 1.82) is 0 Å². The second-order valence-corrected chi connectivity index (χ2v) is 6.07. The van der Waals surface area contributed by atoms with Gasteiger partial charge in [-0.25, -0.2) is 13.8 Å². The molecule has 3 aromatic rings. The molecule has 1 aliphatic heterocycles. The van der Waals surface area contributed by atoms with Gasteiger partial charge in [0.05, 0.1) is 5.69 Å². The number of aryl methyl sites for hydroxylation is 1. The summed E-state index contributed by atoms with van der Waals surface area (Å²) in [5, 5.41) is 4.43. The number of benzene rings is 3. The van der Waals surface area contributed by atoms with Gasteiger partial charge in [-0.3, -0.25) is 5.43 Å². The molecule has 0 bridgehead atoms. The Morgan fingerprint density at radius 3 is 2.15 bits per heavy atom. The summed E-state index contributed by atoms with van der Waals surface area (Å²) in [6, 6.07) is 18.2. The third kappa shape index (κ3) is 3.11. The molecule has 4 rings (SSSR count). The number of hydrogen-bond acceptors (Lipinski definition) is 3. The van der Waals surface area contributed by atoms with Gasteiger partial charge in [0.15, 0.2) is 5.84 Å². The van der Waals surface area contributed by atoms with Gasteiger partial charge in [-0.15, -0.1) is 0 Å². The summed E-state index contributed by atoms with van der Waals surface area (Å²) in [7, 11) is 0. The molecule has 0 radical (unpaired) electrons. The first-order chi connectivity index (χ1) is 12.6. The van der Waals surface area contributed by atoms with E-state index in [0.29, 0.717) is 28.4 Å². The van der Waals surface area contributed by atoms with Gasteiger partial charge in [-0.1, -0.05) is 29.8 Å². The number of nitrogens with one attached hydrogen (secondary N) is 1. The average molecular weight is 347 g/mol. The summed E-state index contributed by atoms with van der Waals surface area (Å²) in [6.45, 7) is 2.01. The molecule has 3 aromatic carbocycles. The molecule has 0 aliphatic carbocycles. The van der Waals surface area contributed by atoms with E-state index >= 15 is 0 Å². The Hall–Kier alpha value is -3.34. The predicted molar refractivity (Wildman–Crippen MR) is 99.0 cm³/mol. The number of nitrogens with zero attached hydrogens (tertiary/aromatic N) is 2. The summed E-state index contributed by atoms with van der Waals surface area (Å²) < 4.78 is 27.1. The first-order valence-corrected chi connectivity index (χ1v) is 8.15. The molecule has 0 saturated carbocycles.